The molecule has 0 bridgehead atoms. The number of ether oxygens (including phenoxy) is 2. The van der Waals surface area contributed by atoms with E-state index in [9.17, 15) is 14.4 Å². The summed E-state index contributed by atoms with van der Waals surface area (Å²) in [6.45, 7) is 0.117. The Morgan fingerprint density at radius 2 is 1.27 bits per heavy atom. The molecule has 7 heteroatoms. The molecule has 1 heterocycles. The standard InChI is InChI=1S/C34H26N2O5/c1-40-26-17-13-24(14-18-26)32(37)35(25-15-19-28(20-16-25)41-27-9-3-2-4-10-27)21-22-36-33(38)29-11-5-7-23-8-6-12-30(31(23)29)34(36)39/h2-20H,21-22H2,1H3. The highest BCUT2D eigenvalue weighted by atomic mass is 16.5. The molecule has 202 valence electrons. The molecule has 0 saturated carbocycles. The molecule has 6 rings (SSSR count). The van der Waals surface area contributed by atoms with Gasteiger partial charge in [-0.3, -0.25) is 19.3 Å². The Balaban J connectivity index is 1.29. The maximum atomic E-state index is 13.8. The van der Waals surface area contributed by atoms with Crippen molar-refractivity contribution in [2.45, 2.75) is 0 Å². The Kier molecular flexibility index (Phi) is 6.92. The van der Waals surface area contributed by atoms with Gasteiger partial charge in [0.15, 0.2) is 0 Å². The van der Waals surface area contributed by atoms with Crippen molar-refractivity contribution in [3.05, 3.63) is 132 Å². The topological polar surface area (TPSA) is 76.2 Å². The second-order valence-corrected chi connectivity index (χ2v) is 9.57. The number of methoxy groups -OCH3 is 1. The van der Waals surface area contributed by atoms with Crippen LogP contribution in [0.5, 0.6) is 17.2 Å². The van der Waals surface area contributed by atoms with E-state index >= 15 is 0 Å². The van der Waals surface area contributed by atoms with Crippen LogP contribution < -0.4 is 14.4 Å². The van der Waals surface area contributed by atoms with E-state index in [1.54, 1.807) is 72.7 Å². The summed E-state index contributed by atoms with van der Waals surface area (Å²) >= 11 is 0. The van der Waals surface area contributed by atoms with Crippen molar-refractivity contribution in [3.8, 4) is 17.2 Å². The summed E-state index contributed by atoms with van der Waals surface area (Å²) in [6, 6.07) is 34.2. The summed E-state index contributed by atoms with van der Waals surface area (Å²) in [4.78, 5) is 43.5. The molecule has 3 amide bonds. The normalized spacial score (nSPS) is 12.4. The van der Waals surface area contributed by atoms with E-state index < -0.39 is 0 Å². The van der Waals surface area contributed by atoms with E-state index in [4.69, 9.17) is 9.47 Å². The Morgan fingerprint density at radius 1 is 0.683 bits per heavy atom. The number of para-hydroxylation sites is 1. The third-order valence-corrected chi connectivity index (χ3v) is 7.11. The van der Waals surface area contributed by atoms with Gasteiger partial charge in [0.2, 0.25) is 0 Å². The molecular formula is C34H26N2O5. The summed E-state index contributed by atoms with van der Waals surface area (Å²) in [6.07, 6.45) is 0. The maximum Gasteiger partial charge on any atom is 0.261 e. The van der Waals surface area contributed by atoms with E-state index in [1.165, 1.54) is 4.90 Å². The summed E-state index contributed by atoms with van der Waals surface area (Å²) < 4.78 is 11.2. The molecule has 41 heavy (non-hydrogen) atoms. The monoisotopic (exact) mass is 542 g/mol. The summed E-state index contributed by atoms with van der Waals surface area (Å²) in [7, 11) is 1.56. The zero-order valence-electron chi connectivity index (χ0n) is 22.3. The number of rotatable bonds is 8. The van der Waals surface area contributed by atoms with Gasteiger partial charge in [-0.25, -0.2) is 0 Å². The number of hydrogen-bond donors (Lipinski definition) is 0. The van der Waals surface area contributed by atoms with Crippen molar-refractivity contribution in [2.24, 2.45) is 0 Å². The first-order valence-corrected chi connectivity index (χ1v) is 13.2. The van der Waals surface area contributed by atoms with Crippen molar-refractivity contribution >= 4 is 34.2 Å². The van der Waals surface area contributed by atoms with Crippen LogP contribution in [-0.2, 0) is 0 Å². The second kappa shape index (κ2) is 11.0. The van der Waals surface area contributed by atoms with Gasteiger partial charge in [-0.2, -0.15) is 0 Å². The molecule has 7 nitrogen and oxygen atoms in total. The second-order valence-electron chi connectivity index (χ2n) is 9.57. The predicted octanol–water partition coefficient (Wildman–Crippen LogP) is 6.58. The van der Waals surface area contributed by atoms with Gasteiger partial charge in [-0.15, -0.1) is 0 Å². The average molecular weight is 543 g/mol. The van der Waals surface area contributed by atoms with Crippen LogP contribution in [0.1, 0.15) is 31.1 Å². The largest absolute Gasteiger partial charge is 0.497 e. The smallest absolute Gasteiger partial charge is 0.261 e. The number of imide groups is 1. The fourth-order valence-electron chi connectivity index (χ4n) is 5.04. The predicted molar refractivity (Wildman–Crippen MR) is 157 cm³/mol. The van der Waals surface area contributed by atoms with Gasteiger partial charge in [0, 0.05) is 40.9 Å². The summed E-state index contributed by atoms with van der Waals surface area (Å²) in [5.74, 6) is 0.925. The molecule has 5 aromatic carbocycles. The number of carbonyl (C=O) groups is 3. The van der Waals surface area contributed by atoms with Gasteiger partial charge < -0.3 is 14.4 Å². The van der Waals surface area contributed by atoms with Crippen molar-refractivity contribution in [1.29, 1.82) is 0 Å². The molecule has 0 atom stereocenters. The van der Waals surface area contributed by atoms with Gasteiger partial charge in [0.1, 0.15) is 17.2 Å². The maximum absolute atomic E-state index is 13.8. The highest BCUT2D eigenvalue weighted by Crippen LogP contribution is 2.31. The Labute approximate surface area is 237 Å². The zero-order valence-corrected chi connectivity index (χ0v) is 22.3. The summed E-state index contributed by atoms with van der Waals surface area (Å²) in [5, 5.41) is 1.51. The van der Waals surface area contributed by atoms with Crippen LogP contribution >= 0.6 is 0 Å². The first-order chi connectivity index (χ1) is 20.0. The Hall–Kier alpha value is -5.43. The number of carbonyl (C=O) groups excluding carboxylic acids is 3. The lowest BCUT2D eigenvalue weighted by Crippen LogP contribution is -2.46. The van der Waals surface area contributed by atoms with Crippen LogP contribution in [0.4, 0.5) is 5.69 Å². The minimum atomic E-state index is -0.372. The van der Waals surface area contributed by atoms with Gasteiger partial charge in [0.25, 0.3) is 17.7 Å². The van der Waals surface area contributed by atoms with E-state index in [-0.39, 0.29) is 30.8 Å². The molecule has 0 radical (unpaired) electrons. The van der Waals surface area contributed by atoms with Crippen LogP contribution in [0.3, 0.4) is 0 Å². The number of benzene rings is 5. The van der Waals surface area contributed by atoms with Crippen LogP contribution in [0, 0.1) is 0 Å². The Bertz CT molecular complexity index is 1700. The SMILES string of the molecule is COc1ccc(C(=O)N(CCN2C(=O)c3cccc4cccc(c34)C2=O)c2ccc(Oc3ccccc3)cc2)cc1. The third kappa shape index (κ3) is 5.01. The van der Waals surface area contributed by atoms with E-state index in [2.05, 4.69) is 0 Å². The highest BCUT2D eigenvalue weighted by Gasteiger charge is 2.33. The quantitative estimate of drug-likeness (QED) is 0.207. The van der Waals surface area contributed by atoms with Gasteiger partial charge in [-0.05, 0) is 78.2 Å². The minimum Gasteiger partial charge on any atom is -0.497 e. The number of hydrogen-bond acceptors (Lipinski definition) is 5. The molecular weight excluding hydrogens is 516 g/mol. The summed E-state index contributed by atoms with van der Waals surface area (Å²) in [5.41, 5.74) is 2.01. The highest BCUT2D eigenvalue weighted by molar-refractivity contribution is 6.25. The van der Waals surface area contributed by atoms with Gasteiger partial charge in [-0.1, -0.05) is 42.5 Å². The van der Waals surface area contributed by atoms with Crippen LogP contribution in [-0.4, -0.2) is 42.8 Å². The number of nitrogens with zero attached hydrogens (tertiary/aromatic N) is 2. The molecule has 0 aliphatic carbocycles. The molecule has 5 aromatic rings. The van der Waals surface area contributed by atoms with E-state index in [1.807, 2.05) is 54.6 Å². The minimum absolute atomic E-state index is 0.0204. The molecule has 0 spiro atoms. The molecule has 1 aliphatic rings. The lowest BCUT2D eigenvalue weighted by Gasteiger charge is -2.30. The van der Waals surface area contributed by atoms with Crippen molar-refractivity contribution in [3.63, 3.8) is 0 Å². The lowest BCUT2D eigenvalue weighted by atomic mass is 9.94. The zero-order chi connectivity index (χ0) is 28.3. The van der Waals surface area contributed by atoms with Crippen molar-refractivity contribution in [2.75, 3.05) is 25.1 Å². The molecule has 0 fully saturated rings. The fraction of sp³-hybridized carbons (Fsp3) is 0.0882. The third-order valence-electron chi connectivity index (χ3n) is 7.11. The molecule has 1 aliphatic heterocycles. The van der Waals surface area contributed by atoms with Gasteiger partial charge >= 0.3 is 0 Å². The first kappa shape index (κ1) is 25.8. The molecule has 0 saturated heterocycles. The van der Waals surface area contributed by atoms with Crippen molar-refractivity contribution in [1.82, 2.24) is 4.90 Å². The average Bonchev–Trinajstić information content (AvgIpc) is 3.02. The molecule has 0 unspecified atom stereocenters. The number of anilines is 1. The van der Waals surface area contributed by atoms with Crippen molar-refractivity contribution < 1.29 is 23.9 Å². The van der Waals surface area contributed by atoms with Crippen LogP contribution in [0.15, 0.2) is 115 Å². The Morgan fingerprint density at radius 3 is 1.88 bits per heavy atom. The van der Waals surface area contributed by atoms with Crippen LogP contribution in [0.25, 0.3) is 10.8 Å². The molecule has 0 N–H and O–H groups in total. The lowest BCUT2D eigenvalue weighted by molar-refractivity contribution is 0.0611. The fourth-order valence-corrected chi connectivity index (χ4v) is 5.04. The molecule has 0 aromatic heterocycles. The van der Waals surface area contributed by atoms with Crippen LogP contribution in [0.2, 0.25) is 0 Å². The van der Waals surface area contributed by atoms with E-state index in [0.717, 1.165) is 5.39 Å². The van der Waals surface area contributed by atoms with Gasteiger partial charge in [0.05, 0.1) is 7.11 Å². The van der Waals surface area contributed by atoms with E-state index in [0.29, 0.717) is 45.0 Å². The number of amides is 3. The first-order valence-electron chi connectivity index (χ1n) is 13.2.